The number of ketones is 1. The van der Waals surface area contributed by atoms with Gasteiger partial charge in [0.25, 0.3) is 0 Å². The van der Waals surface area contributed by atoms with Crippen molar-refractivity contribution in [3.05, 3.63) is 84.4 Å². The zero-order chi connectivity index (χ0) is 14.6. The molecule has 1 heteroatoms. The summed E-state index contributed by atoms with van der Waals surface area (Å²) in [5.74, 6) is -0.0784. The molecular weight excluding hydrogens is 244 g/mol. The molecule has 0 spiro atoms. The van der Waals surface area contributed by atoms with E-state index in [1.54, 1.807) is 0 Å². The monoisotopic (exact) mass is 264 g/mol. The van der Waals surface area contributed by atoms with Crippen LogP contribution in [0.25, 0.3) is 0 Å². The Kier molecular flexibility index (Phi) is 4.19. The summed E-state index contributed by atoms with van der Waals surface area (Å²) in [7, 11) is 0. The van der Waals surface area contributed by atoms with Gasteiger partial charge in [0.2, 0.25) is 0 Å². The molecule has 0 amide bonds. The van der Waals surface area contributed by atoms with Crippen molar-refractivity contribution in [1.82, 2.24) is 0 Å². The average molecular weight is 264 g/mol. The number of carbonyl (C=O) groups is 1. The number of allylic oxidation sites excluding steroid dienone is 1. The van der Waals surface area contributed by atoms with E-state index in [2.05, 4.69) is 20.4 Å². The van der Waals surface area contributed by atoms with Crippen LogP contribution in [0.15, 0.2) is 73.3 Å². The Bertz CT molecular complexity index is 582. The molecule has 0 N–H and O–H groups in total. The summed E-state index contributed by atoms with van der Waals surface area (Å²) < 4.78 is 0. The smallest absolute Gasteiger partial charge is 0.171 e. The second kappa shape index (κ2) is 5.87. The zero-order valence-corrected chi connectivity index (χ0v) is 12.0. The molecule has 0 aliphatic carbocycles. The van der Waals surface area contributed by atoms with Gasteiger partial charge in [0.15, 0.2) is 5.78 Å². The highest BCUT2D eigenvalue weighted by atomic mass is 16.1. The zero-order valence-electron chi connectivity index (χ0n) is 12.0. The number of rotatable bonds is 5. The quantitative estimate of drug-likeness (QED) is 0.556. The van der Waals surface area contributed by atoms with Gasteiger partial charge in [0, 0.05) is 5.56 Å². The van der Waals surface area contributed by atoms with E-state index in [4.69, 9.17) is 0 Å². The van der Waals surface area contributed by atoms with Crippen molar-refractivity contribution >= 4 is 5.78 Å². The minimum absolute atomic E-state index is 0.140. The Labute approximate surface area is 121 Å². The van der Waals surface area contributed by atoms with E-state index in [0.29, 0.717) is 0 Å². The van der Waals surface area contributed by atoms with Crippen LogP contribution in [0.3, 0.4) is 0 Å². The molecule has 20 heavy (non-hydrogen) atoms. The second-order valence-corrected chi connectivity index (χ2v) is 5.60. The molecule has 0 saturated carbocycles. The van der Waals surface area contributed by atoms with E-state index >= 15 is 0 Å². The van der Waals surface area contributed by atoms with Gasteiger partial charge in [0.05, 0.1) is 5.92 Å². The van der Waals surface area contributed by atoms with Crippen LogP contribution >= 0.6 is 0 Å². The Morgan fingerprint density at radius 1 is 1.00 bits per heavy atom. The number of benzene rings is 2. The summed E-state index contributed by atoms with van der Waals surface area (Å²) in [4.78, 5) is 12.9. The van der Waals surface area contributed by atoms with Crippen LogP contribution < -0.4 is 0 Å². The van der Waals surface area contributed by atoms with Crippen LogP contribution in [0.5, 0.6) is 0 Å². The molecule has 1 nitrogen and oxygen atoms in total. The fourth-order valence-corrected chi connectivity index (χ4v) is 2.45. The molecule has 1 atom stereocenters. The fraction of sp³-hybridized carbons (Fsp3) is 0.211. The summed E-state index contributed by atoms with van der Waals surface area (Å²) in [6.45, 7) is 8.01. The van der Waals surface area contributed by atoms with Gasteiger partial charge in [0.1, 0.15) is 0 Å². The summed E-state index contributed by atoms with van der Waals surface area (Å²) >= 11 is 0. The molecule has 0 saturated heterocycles. The van der Waals surface area contributed by atoms with Crippen molar-refractivity contribution < 1.29 is 4.79 Å². The molecule has 0 aliphatic rings. The van der Waals surface area contributed by atoms with Gasteiger partial charge < -0.3 is 0 Å². The molecule has 1 unspecified atom stereocenters. The Hall–Kier alpha value is -2.15. The molecule has 0 fully saturated rings. The SMILES string of the molecule is C=CC(C)(C)C(C(=O)c1ccccc1)c1ccccc1. The van der Waals surface area contributed by atoms with Gasteiger partial charge in [-0.25, -0.2) is 0 Å². The van der Waals surface area contributed by atoms with Crippen molar-refractivity contribution in [3.8, 4) is 0 Å². The molecule has 0 heterocycles. The molecule has 2 aromatic rings. The lowest BCUT2D eigenvalue weighted by Crippen LogP contribution is -2.27. The molecular formula is C19H20O. The van der Waals surface area contributed by atoms with Crippen LogP contribution in [-0.2, 0) is 0 Å². The number of hydrogen-bond acceptors (Lipinski definition) is 1. The van der Waals surface area contributed by atoms with E-state index in [1.165, 1.54) is 0 Å². The predicted octanol–water partition coefficient (Wildman–Crippen LogP) is 4.87. The third-order valence-electron chi connectivity index (χ3n) is 3.72. The van der Waals surface area contributed by atoms with Crippen molar-refractivity contribution in [2.24, 2.45) is 5.41 Å². The Balaban J connectivity index is 2.48. The summed E-state index contributed by atoms with van der Waals surface area (Å²) in [5, 5.41) is 0. The average Bonchev–Trinajstić information content (AvgIpc) is 2.49. The lowest BCUT2D eigenvalue weighted by Gasteiger charge is -2.31. The van der Waals surface area contributed by atoms with Gasteiger partial charge in [-0.3, -0.25) is 4.79 Å². The first kappa shape index (κ1) is 14.3. The van der Waals surface area contributed by atoms with Crippen LogP contribution in [0, 0.1) is 5.41 Å². The Morgan fingerprint density at radius 3 is 2.00 bits per heavy atom. The maximum Gasteiger partial charge on any atom is 0.171 e. The predicted molar refractivity (Wildman–Crippen MR) is 83.9 cm³/mol. The van der Waals surface area contributed by atoms with E-state index in [0.717, 1.165) is 11.1 Å². The number of hydrogen-bond donors (Lipinski definition) is 0. The largest absolute Gasteiger partial charge is 0.293 e. The summed E-state index contributed by atoms with van der Waals surface area (Å²) in [6, 6.07) is 19.4. The number of Topliss-reactive ketones (excluding diaryl/α,β-unsaturated/α-hetero) is 1. The van der Waals surface area contributed by atoms with Gasteiger partial charge >= 0.3 is 0 Å². The van der Waals surface area contributed by atoms with E-state index in [1.807, 2.05) is 66.7 Å². The number of carbonyl (C=O) groups excluding carboxylic acids is 1. The minimum atomic E-state index is -0.297. The lowest BCUT2D eigenvalue weighted by molar-refractivity contribution is 0.0912. The summed E-state index contributed by atoms with van der Waals surface area (Å²) in [6.07, 6.45) is 1.87. The Morgan fingerprint density at radius 2 is 1.50 bits per heavy atom. The van der Waals surface area contributed by atoms with E-state index in [9.17, 15) is 4.79 Å². The first-order valence-corrected chi connectivity index (χ1v) is 6.84. The first-order valence-electron chi connectivity index (χ1n) is 6.84. The van der Waals surface area contributed by atoms with Crippen molar-refractivity contribution in [3.63, 3.8) is 0 Å². The highest BCUT2D eigenvalue weighted by Gasteiger charge is 2.34. The standard InChI is InChI=1S/C19H20O/c1-4-19(2,3)17(15-11-7-5-8-12-15)18(20)16-13-9-6-10-14-16/h4-14,17H,1H2,2-3H3. The van der Waals surface area contributed by atoms with Crippen LogP contribution in [-0.4, -0.2) is 5.78 Å². The van der Waals surface area contributed by atoms with E-state index < -0.39 is 0 Å². The molecule has 0 bridgehead atoms. The maximum atomic E-state index is 12.9. The van der Waals surface area contributed by atoms with Crippen molar-refractivity contribution in [2.75, 3.05) is 0 Å². The molecule has 0 radical (unpaired) electrons. The minimum Gasteiger partial charge on any atom is -0.293 e. The molecule has 2 rings (SSSR count). The topological polar surface area (TPSA) is 17.1 Å². The molecule has 0 aromatic heterocycles. The van der Waals surface area contributed by atoms with Crippen LogP contribution in [0.4, 0.5) is 0 Å². The molecule has 102 valence electrons. The fourth-order valence-electron chi connectivity index (χ4n) is 2.45. The van der Waals surface area contributed by atoms with Crippen molar-refractivity contribution in [1.29, 1.82) is 0 Å². The highest BCUT2D eigenvalue weighted by Crippen LogP contribution is 2.38. The third kappa shape index (κ3) is 2.88. The van der Waals surface area contributed by atoms with Crippen LogP contribution in [0.2, 0.25) is 0 Å². The summed E-state index contributed by atoms with van der Waals surface area (Å²) in [5.41, 5.74) is 1.48. The molecule has 0 aliphatic heterocycles. The van der Waals surface area contributed by atoms with Crippen molar-refractivity contribution in [2.45, 2.75) is 19.8 Å². The van der Waals surface area contributed by atoms with Crippen LogP contribution in [0.1, 0.15) is 35.7 Å². The van der Waals surface area contributed by atoms with Gasteiger partial charge in [-0.15, -0.1) is 6.58 Å². The van der Waals surface area contributed by atoms with Gasteiger partial charge in [-0.2, -0.15) is 0 Å². The third-order valence-corrected chi connectivity index (χ3v) is 3.72. The first-order chi connectivity index (χ1) is 9.56. The lowest BCUT2D eigenvalue weighted by atomic mass is 9.71. The normalized spacial score (nSPS) is 12.7. The van der Waals surface area contributed by atoms with E-state index in [-0.39, 0.29) is 17.1 Å². The van der Waals surface area contributed by atoms with Gasteiger partial charge in [-0.1, -0.05) is 80.6 Å². The van der Waals surface area contributed by atoms with Gasteiger partial charge in [-0.05, 0) is 11.0 Å². The second-order valence-electron chi connectivity index (χ2n) is 5.60. The highest BCUT2D eigenvalue weighted by molar-refractivity contribution is 6.01. The maximum absolute atomic E-state index is 12.9. The molecule has 2 aromatic carbocycles.